The van der Waals surface area contributed by atoms with Crippen LogP contribution in [-0.4, -0.2) is 52.6 Å². The van der Waals surface area contributed by atoms with Crippen LogP contribution < -0.4 is 5.32 Å². The summed E-state index contributed by atoms with van der Waals surface area (Å²) in [6.07, 6.45) is 11.1. The molecule has 0 aromatic rings. The molecule has 4 nitrogen and oxygen atoms in total. The molecule has 0 aromatic heterocycles. The van der Waals surface area contributed by atoms with Gasteiger partial charge in [-0.2, -0.15) is 0 Å². The van der Waals surface area contributed by atoms with Gasteiger partial charge in [0.25, 0.3) is 0 Å². The number of rotatable bonds is 1. The molecule has 3 unspecified atom stereocenters. The van der Waals surface area contributed by atoms with Gasteiger partial charge in [0.1, 0.15) is 0 Å². The largest absolute Gasteiger partial charge is 0.323 e. The van der Waals surface area contributed by atoms with E-state index in [9.17, 15) is 4.79 Å². The summed E-state index contributed by atoms with van der Waals surface area (Å²) in [5.74, 6) is 0.417. The lowest BCUT2D eigenvalue weighted by atomic mass is 9.81. The van der Waals surface area contributed by atoms with Crippen molar-refractivity contribution in [2.75, 3.05) is 7.05 Å². The zero-order chi connectivity index (χ0) is 14.6. The van der Waals surface area contributed by atoms with E-state index in [1.54, 1.807) is 0 Å². The molecule has 21 heavy (non-hydrogen) atoms. The Kier molecular flexibility index (Phi) is 3.30. The maximum atomic E-state index is 13.1. The van der Waals surface area contributed by atoms with Gasteiger partial charge in [0.15, 0.2) is 0 Å². The number of carbonyl (C=O) groups is 1. The quantitative estimate of drug-likeness (QED) is 0.803. The number of amides is 1. The molecule has 2 bridgehead atoms. The highest BCUT2D eigenvalue weighted by molar-refractivity contribution is 5.89. The number of hydrogen-bond acceptors (Lipinski definition) is 3. The molecule has 1 saturated carbocycles. The van der Waals surface area contributed by atoms with Gasteiger partial charge in [0.05, 0.1) is 11.7 Å². The van der Waals surface area contributed by atoms with E-state index >= 15 is 0 Å². The SMILES string of the molecule is CC1NC2(CCCC2)C(=O)N1C1CC2CCCC(C1)N2C. The zero-order valence-corrected chi connectivity index (χ0v) is 13.5. The van der Waals surface area contributed by atoms with E-state index in [-0.39, 0.29) is 11.7 Å². The number of fused-ring (bicyclic) bond motifs is 2. The first-order chi connectivity index (χ1) is 10.1. The second-order valence-corrected chi connectivity index (χ2v) is 7.85. The average Bonchev–Trinajstić information content (AvgIpc) is 2.97. The van der Waals surface area contributed by atoms with Crippen LogP contribution in [0.2, 0.25) is 0 Å². The second-order valence-electron chi connectivity index (χ2n) is 7.85. The summed E-state index contributed by atoms with van der Waals surface area (Å²) >= 11 is 0. The summed E-state index contributed by atoms with van der Waals surface area (Å²) < 4.78 is 0. The first-order valence-electron chi connectivity index (χ1n) is 8.93. The smallest absolute Gasteiger partial charge is 0.244 e. The summed E-state index contributed by atoms with van der Waals surface area (Å²) in [6.45, 7) is 2.19. The Bertz CT molecular complexity index is 418. The van der Waals surface area contributed by atoms with Crippen LogP contribution in [0, 0.1) is 0 Å². The van der Waals surface area contributed by atoms with Crippen LogP contribution in [0.15, 0.2) is 0 Å². The Balaban J connectivity index is 1.55. The van der Waals surface area contributed by atoms with E-state index in [0.29, 0.717) is 24.0 Å². The summed E-state index contributed by atoms with van der Waals surface area (Å²) in [7, 11) is 2.29. The third kappa shape index (κ3) is 2.06. The van der Waals surface area contributed by atoms with Crippen molar-refractivity contribution in [3.8, 4) is 0 Å². The Morgan fingerprint density at radius 1 is 1.05 bits per heavy atom. The molecule has 4 heteroatoms. The molecule has 118 valence electrons. The second kappa shape index (κ2) is 4.95. The molecule has 3 saturated heterocycles. The van der Waals surface area contributed by atoms with Crippen molar-refractivity contribution in [3.05, 3.63) is 0 Å². The van der Waals surface area contributed by atoms with E-state index in [0.717, 1.165) is 12.8 Å². The third-order valence-corrected chi connectivity index (χ3v) is 6.71. The molecule has 1 N–H and O–H groups in total. The van der Waals surface area contributed by atoms with Crippen LogP contribution >= 0.6 is 0 Å². The molecule has 3 heterocycles. The number of hydrogen-bond donors (Lipinski definition) is 1. The van der Waals surface area contributed by atoms with E-state index in [1.807, 2.05) is 0 Å². The van der Waals surface area contributed by atoms with Crippen LogP contribution in [0.4, 0.5) is 0 Å². The summed E-state index contributed by atoms with van der Waals surface area (Å²) in [5, 5.41) is 3.67. The molecular formula is C17H29N3O. The average molecular weight is 291 g/mol. The van der Waals surface area contributed by atoms with Gasteiger partial charge in [-0.1, -0.05) is 19.3 Å². The highest BCUT2D eigenvalue weighted by Gasteiger charge is 2.54. The Morgan fingerprint density at radius 3 is 2.29 bits per heavy atom. The predicted molar refractivity (Wildman–Crippen MR) is 82.9 cm³/mol. The van der Waals surface area contributed by atoms with Crippen molar-refractivity contribution in [3.63, 3.8) is 0 Å². The zero-order valence-electron chi connectivity index (χ0n) is 13.5. The van der Waals surface area contributed by atoms with Crippen molar-refractivity contribution < 1.29 is 4.79 Å². The topological polar surface area (TPSA) is 35.6 Å². The van der Waals surface area contributed by atoms with Gasteiger partial charge in [-0.25, -0.2) is 0 Å². The lowest BCUT2D eigenvalue weighted by molar-refractivity contribution is -0.137. The molecule has 4 rings (SSSR count). The minimum absolute atomic E-state index is 0.197. The first-order valence-corrected chi connectivity index (χ1v) is 8.93. The molecule has 1 spiro atoms. The summed E-state index contributed by atoms with van der Waals surface area (Å²) in [6, 6.07) is 1.86. The molecule has 3 aliphatic heterocycles. The molecule has 1 amide bonds. The summed E-state index contributed by atoms with van der Waals surface area (Å²) in [5.41, 5.74) is -0.197. The third-order valence-electron chi connectivity index (χ3n) is 6.71. The molecule has 1 aliphatic carbocycles. The molecule has 3 atom stereocenters. The van der Waals surface area contributed by atoms with Crippen molar-refractivity contribution in [1.29, 1.82) is 0 Å². The fourth-order valence-corrected chi connectivity index (χ4v) is 5.59. The van der Waals surface area contributed by atoms with E-state index in [4.69, 9.17) is 0 Å². The molecule has 0 aromatic carbocycles. The lowest BCUT2D eigenvalue weighted by Gasteiger charge is -2.49. The van der Waals surface area contributed by atoms with Gasteiger partial charge in [-0.15, -0.1) is 0 Å². The van der Waals surface area contributed by atoms with Crippen LogP contribution in [-0.2, 0) is 4.79 Å². The van der Waals surface area contributed by atoms with Gasteiger partial charge in [-0.3, -0.25) is 10.1 Å². The van der Waals surface area contributed by atoms with Gasteiger partial charge < -0.3 is 9.80 Å². The maximum absolute atomic E-state index is 13.1. The van der Waals surface area contributed by atoms with Crippen molar-refractivity contribution in [2.24, 2.45) is 0 Å². The Labute approximate surface area is 128 Å². The van der Waals surface area contributed by atoms with Crippen LogP contribution in [0.25, 0.3) is 0 Å². The van der Waals surface area contributed by atoms with Gasteiger partial charge in [0, 0.05) is 18.1 Å². The fraction of sp³-hybridized carbons (Fsp3) is 0.941. The van der Waals surface area contributed by atoms with Crippen molar-refractivity contribution in [2.45, 2.75) is 94.5 Å². The molecule has 4 aliphatic rings. The van der Waals surface area contributed by atoms with Crippen molar-refractivity contribution in [1.82, 2.24) is 15.1 Å². The van der Waals surface area contributed by atoms with Crippen molar-refractivity contribution >= 4 is 5.91 Å². The minimum atomic E-state index is -0.197. The highest BCUT2D eigenvalue weighted by atomic mass is 16.2. The molecule has 0 radical (unpaired) electrons. The fourth-order valence-electron chi connectivity index (χ4n) is 5.59. The molecule has 4 fully saturated rings. The monoisotopic (exact) mass is 291 g/mol. The van der Waals surface area contributed by atoms with Crippen LogP contribution in [0.3, 0.4) is 0 Å². The number of nitrogens with one attached hydrogen (secondary N) is 1. The Morgan fingerprint density at radius 2 is 1.67 bits per heavy atom. The first kappa shape index (κ1) is 14.0. The normalized spacial score (nSPS) is 43.0. The molecular weight excluding hydrogens is 262 g/mol. The van der Waals surface area contributed by atoms with Gasteiger partial charge >= 0.3 is 0 Å². The van der Waals surface area contributed by atoms with E-state index in [2.05, 4.69) is 29.1 Å². The highest BCUT2D eigenvalue weighted by Crippen LogP contribution is 2.41. The van der Waals surface area contributed by atoms with Crippen LogP contribution in [0.1, 0.15) is 64.7 Å². The number of carbonyl (C=O) groups excluding carboxylic acids is 1. The maximum Gasteiger partial charge on any atom is 0.244 e. The number of piperidine rings is 2. The minimum Gasteiger partial charge on any atom is -0.323 e. The van der Waals surface area contributed by atoms with Crippen LogP contribution in [0.5, 0.6) is 0 Å². The van der Waals surface area contributed by atoms with Gasteiger partial charge in [0.2, 0.25) is 5.91 Å². The number of nitrogens with zero attached hydrogens (tertiary/aromatic N) is 2. The predicted octanol–water partition coefficient (Wildman–Crippen LogP) is 2.09. The van der Waals surface area contributed by atoms with Gasteiger partial charge in [-0.05, 0) is 52.5 Å². The lowest BCUT2D eigenvalue weighted by Crippen LogP contribution is -2.57. The summed E-state index contributed by atoms with van der Waals surface area (Å²) in [4.78, 5) is 17.9. The van der Waals surface area contributed by atoms with E-state index < -0.39 is 0 Å². The van der Waals surface area contributed by atoms with E-state index in [1.165, 1.54) is 44.9 Å². The standard InChI is InChI=1S/C17H29N3O/c1-12-18-17(8-3-4-9-17)16(21)20(12)15-10-13-6-5-7-14(11-15)19(13)2/h12-15,18H,3-11H2,1-2H3. The Hall–Kier alpha value is -0.610.